The minimum atomic E-state index is -0.446. The number of hydrogen-bond donors (Lipinski definition) is 3. The Bertz CT molecular complexity index is 1260. The van der Waals surface area contributed by atoms with Gasteiger partial charge in [0.1, 0.15) is 11.6 Å². The SMILES string of the molecule is Cc1cc2c(F)c(Oc3nc(Nc4cc(C)n(C)n4)cc(N4CCNCC4)n3)ccc2[nH]1. The highest BCUT2D eigenvalue weighted by molar-refractivity contribution is 5.82. The fourth-order valence-electron chi connectivity index (χ4n) is 3.80. The van der Waals surface area contributed by atoms with Gasteiger partial charge in [0.15, 0.2) is 17.4 Å². The normalized spacial score (nSPS) is 14.2. The average Bonchev–Trinajstić information content (AvgIpc) is 3.31. The Morgan fingerprint density at radius 1 is 1.06 bits per heavy atom. The molecule has 1 aromatic carbocycles. The molecule has 3 N–H and O–H groups in total. The monoisotopic (exact) mass is 436 g/mol. The second-order valence-electron chi connectivity index (χ2n) is 7.94. The van der Waals surface area contributed by atoms with Crippen molar-refractivity contribution in [1.29, 1.82) is 0 Å². The molecule has 0 radical (unpaired) electrons. The Labute approximate surface area is 184 Å². The van der Waals surface area contributed by atoms with Crippen LogP contribution in [-0.4, -0.2) is 50.9 Å². The number of anilines is 3. The number of H-pyrrole nitrogens is 1. The number of piperazine rings is 1. The number of benzene rings is 1. The molecule has 4 aromatic rings. The molecule has 3 aromatic heterocycles. The lowest BCUT2D eigenvalue weighted by Crippen LogP contribution is -2.43. The Morgan fingerprint density at radius 3 is 2.62 bits per heavy atom. The van der Waals surface area contributed by atoms with Crippen LogP contribution in [0.2, 0.25) is 0 Å². The van der Waals surface area contributed by atoms with E-state index in [0.29, 0.717) is 22.8 Å². The summed E-state index contributed by atoms with van der Waals surface area (Å²) in [5.41, 5.74) is 2.61. The molecule has 0 aliphatic carbocycles. The lowest BCUT2D eigenvalue weighted by atomic mass is 10.2. The molecular weight excluding hydrogens is 411 g/mol. The van der Waals surface area contributed by atoms with Crippen molar-refractivity contribution >= 4 is 28.4 Å². The molecule has 0 amide bonds. The van der Waals surface area contributed by atoms with E-state index in [-0.39, 0.29) is 11.8 Å². The maximum absolute atomic E-state index is 15.1. The van der Waals surface area contributed by atoms with Gasteiger partial charge in [0.05, 0.1) is 0 Å². The molecular formula is C22H25FN8O. The highest BCUT2D eigenvalue weighted by Gasteiger charge is 2.18. The van der Waals surface area contributed by atoms with Gasteiger partial charge in [0.25, 0.3) is 0 Å². The van der Waals surface area contributed by atoms with E-state index < -0.39 is 5.82 Å². The van der Waals surface area contributed by atoms with E-state index in [9.17, 15) is 0 Å². The molecule has 0 spiro atoms. The Balaban J connectivity index is 1.50. The largest absolute Gasteiger partial charge is 0.421 e. The second-order valence-corrected chi connectivity index (χ2v) is 7.94. The number of rotatable bonds is 5. The van der Waals surface area contributed by atoms with Gasteiger partial charge in [-0.3, -0.25) is 4.68 Å². The fraction of sp³-hybridized carbons (Fsp3) is 0.318. The van der Waals surface area contributed by atoms with Crippen LogP contribution in [-0.2, 0) is 7.05 Å². The Hall–Kier alpha value is -3.66. The summed E-state index contributed by atoms with van der Waals surface area (Å²) in [6.07, 6.45) is 0. The molecule has 10 heteroatoms. The number of nitrogens with zero attached hydrogens (tertiary/aromatic N) is 5. The van der Waals surface area contributed by atoms with Gasteiger partial charge in [0.2, 0.25) is 0 Å². The number of fused-ring (bicyclic) bond motifs is 1. The van der Waals surface area contributed by atoms with Crippen molar-refractivity contribution in [1.82, 2.24) is 30.0 Å². The van der Waals surface area contributed by atoms with Gasteiger partial charge in [0, 0.05) is 67.7 Å². The van der Waals surface area contributed by atoms with Crippen LogP contribution in [0.3, 0.4) is 0 Å². The minimum absolute atomic E-state index is 0.0710. The van der Waals surface area contributed by atoms with Crippen LogP contribution in [0.15, 0.2) is 30.3 Å². The molecule has 0 atom stereocenters. The number of nitrogens with one attached hydrogen (secondary N) is 3. The fourth-order valence-corrected chi connectivity index (χ4v) is 3.80. The predicted molar refractivity (Wildman–Crippen MR) is 121 cm³/mol. The van der Waals surface area contributed by atoms with E-state index in [0.717, 1.165) is 43.1 Å². The minimum Gasteiger partial charge on any atom is -0.421 e. The zero-order chi connectivity index (χ0) is 22.2. The molecule has 5 rings (SSSR count). The van der Waals surface area contributed by atoms with Gasteiger partial charge in [-0.05, 0) is 32.0 Å². The summed E-state index contributed by atoms with van der Waals surface area (Å²) in [6.45, 7) is 7.20. The molecule has 1 saturated heterocycles. The van der Waals surface area contributed by atoms with E-state index in [2.05, 4.69) is 35.6 Å². The van der Waals surface area contributed by atoms with Crippen molar-refractivity contribution in [3.63, 3.8) is 0 Å². The van der Waals surface area contributed by atoms with Crippen LogP contribution in [0, 0.1) is 19.7 Å². The summed E-state index contributed by atoms with van der Waals surface area (Å²) >= 11 is 0. The van der Waals surface area contributed by atoms with Crippen molar-refractivity contribution in [2.24, 2.45) is 7.05 Å². The van der Waals surface area contributed by atoms with Gasteiger partial charge in [-0.2, -0.15) is 15.1 Å². The second kappa shape index (κ2) is 8.12. The third-order valence-corrected chi connectivity index (χ3v) is 5.54. The van der Waals surface area contributed by atoms with Crippen LogP contribution in [0.4, 0.5) is 21.8 Å². The van der Waals surface area contributed by atoms with E-state index in [1.54, 1.807) is 22.9 Å². The first-order chi connectivity index (χ1) is 15.5. The highest BCUT2D eigenvalue weighted by Crippen LogP contribution is 2.31. The van der Waals surface area contributed by atoms with Gasteiger partial charge in [-0.15, -0.1) is 0 Å². The van der Waals surface area contributed by atoms with Crippen molar-refractivity contribution < 1.29 is 9.13 Å². The van der Waals surface area contributed by atoms with Gasteiger partial charge >= 0.3 is 6.01 Å². The molecule has 4 heterocycles. The van der Waals surface area contributed by atoms with E-state index in [4.69, 9.17) is 4.74 Å². The van der Waals surface area contributed by atoms with E-state index in [1.807, 2.05) is 33.0 Å². The molecule has 0 saturated carbocycles. The average molecular weight is 436 g/mol. The first-order valence-corrected chi connectivity index (χ1v) is 10.5. The maximum Gasteiger partial charge on any atom is 0.326 e. The van der Waals surface area contributed by atoms with Crippen molar-refractivity contribution in [2.75, 3.05) is 36.4 Å². The number of halogens is 1. The van der Waals surface area contributed by atoms with Crippen molar-refractivity contribution in [2.45, 2.75) is 13.8 Å². The first-order valence-electron chi connectivity index (χ1n) is 10.5. The summed E-state index contributed by atoms with van der Waals surface area (Å²) in [5.74, 6) is 1.54. The molecule has 0 unspecified atom stereocenters. The van der Waals surface area contributed by atoms with Crippen LogP contribution in [0.5, 0.6) is 11.8 Å². The van der Waals surface area contributed by atoms with Crippen LogP contribution in [0.25, 0.3) is 10.9 Å². The van der Waals surface area contributed by atoms with Crippen molar-refractivity contribution in [3.05, 3.63) is 47.5 Å². The lowest BCUT2D eigenvalue weighted by molar-refractivity contribution is 0.414. The summed E-state index contributed by atoms with van der Waals surface area (Å²) < 4.78 is 22.7. The summed E-state index contributed by atoms with van der Waals surface area (Å²) in [5, 5.41) is 11.4. The molecule has 1 aliphatic heterocycles. The first kappa shape index (κ1) is 20.3. The molecule has 9 nitrogen and oxygen atoms in total. The molecule has 1 aliphatic rings. The molecule has 166 valence electrons. The Kier molecular flexibility index (Phi) is 5.14. The highest BCUT2D eigenvalue weighted by atomic mass is 19.1. The van der Waals surface area contributed by atoms with Crippen LogP contribution < -0.4 is 20.3 Å². The molecule has 32 heavy (non-hydrogen) atoms. The third kappa shape index (κ3) is 3.96. The number of aryl methyl sites for hydroxylation is 3. The number of aromatic amines is 1. The zero-order valence-electron chi connectivity index (χ0n) is 18.2. The van der Waals surface area contributed by atoms with Gasteiger partial charge in [-0.25, -0.2) is 4.39 Å². The molecule has 0 bridgehead atoms. The zero-order valence-corrected chi connectivity index (χ0v) is 18.2. The predicted octanol–water partition coefficient (Wildman–Crippen LogP) is 3.39. The summed E-state index contributed by atoms with van der Waals surface area (Å²) in [6, 6.07) is 8.99. The maximum atomic E-state index is 15.1. The standard InChI is InChI=1S/C22H25FN8O/c1-13-10-15-16(25-13)4-5-17(21(15)23)32-22-27-18(26-19-11-14(2)30(3)29-19)12-20(28-22)31-8-6-24-7-9-31/h4-5,10-12,24-25H,6-9H2,1-3H3,(H,26,27,28,29). The third-order valence-electron chi connectivity index (χ3n) is 5.54. The number of hydrogen-bond acceptors (Lipinski definition) is 7. The topological polar surface area (TPSA) is 95.9 Å². The summed E-state index contributed by atoms with van der Waals surface area (Å²) in [4.78, 5) is 14.3. The lowest BCUT2D eigenvalue weighted by Gasteiger charge is -2.28. The van der Waals surface area contributed by atoms with Gasteiger partial charge in [-0.1, -0.05) is 0 Å². The smallest absolute Gasteiger partial charge is 0.326 e. The van der Waals surface area contributed by atoms with Crippen LogP contribution >= 0.6 is 0 Å². The number of aromatic nitrogens is 5. The number of ether oxygens (including phenoxy) is 1. The van der Waals surface area contributed by atoms with Gasteiger partial charge < -0.3 is 25.3 Å². The van der Waals surface area contributed by atoms with Crippen molar-refractivity contribution in [3.8, 4) is 11.8 Å². The summed E-state index contributed by atoms with van der Waals surface area (Å²) in [7, 11) is 1.88. The van der Waals surface area contributed by atoms with E-state index >= 15 is 4.39 Å². The quantitative estimate of drug-likeness (QED) is 0.441. The Morgan fingerprint density at radius 2 is 1.88 bits per heavy atom. The van der Waals surface area contributed by atoms with E-state index in [1.165, 1.54) is 0 Å². The van der Waals surface area contributed by atoms with Crippen LogP contribution in [0.1, 0.15) is 11.4 Å². The molecule has 1 fully saturated rings.